The molecule has 2 heterocycles. The Hall–Kier alpha value is -1.38. The molecule has 0 saturated heterocycles. The molecular formula is C9H11N3. The number of hydrogen-bond donors (Lipinski definition) is 1. The molecule has 2 rings (SSSR count). The van der Waals surface area contributed by atoms with Crippen LogP contribution in [-0.2, 0) is 0 Å². The Bertz CT molecular complexity index is 317. The third kappa shape index (κ3) is 1.18. The number of aliphatic imine (C=N–C) groups is 1. The van der Waals surface area contributed by atoms with E-state index in [1.54, 1.807) is 6.20 Å². The number of nitrogens with zero attached hydrogens (tertiary/aromatic N) is 2. The fourth-order valence-electron chi connectivity index (χ4n) is 1.42. The van der Waals surface area contributed by atoms with E-state index in [0.29, 0.717) is 5.82 Å². The summed E-state index contributed by atoms with van der Waals surface area (Å²) < 4.78 is 0. The van der Waals surface area contributed by atoms with Gasteiger partial charge in [0, 0.05) is 24.0 Å². The molecule has 0 amide bonds. The van der Waals surface area contributed by atoms with E-state index in [4.69, 9.17) is 5.73 Å². The molecule has 3 nitrogen and oxygen atoms in total. The minimum Gasteiger partial charge on any atom is -0.383 e. The van der Waals surface area contributed by atoms with Crippen LogP contribution in [0.5, 0.6) is 0 Å². The number of nitrogen functional groups attached to an aromatic ring is 1. The average molecular weight is 161 g/mol. The lowest BCUT2D eigenvalue weighted by Gasteiger charge is -2.02. The fourth-order valence-corrected chi connectivity index (χ4v) is 1.42. The molecule has 0 aliphatic carbocycles. The first-order valence-electron chi connectivity index (χ1n) is 4.12. The molecule has 0 fully saturated rings. The molecule has 0 atom stereocenters. The van der Waals surface area contributed by atoms with Gasteiger partial charge in [-0.1, -0.05) is 0 Å². The second-order valence-corrected chi connectivity index (χ2v) is 2.87. The summed E-state index contributed by atoms with van der Waals surface area (Å²) in [7, 11) is 0. The Morgan fingerprint density at radius 1 is 1.42 bits per heavy atom. The van der Waals surface area contributed by atoms with E-state index in [0.717, 1.165) is 30.7 Å². The second kappa shape index (κ2) is 2.93. The van der Waals surface area contributed by atoms with Gasteiger partial charge in [-0.15, -0.1) is 0 Å². The lowest BCUT2D eigenvalue weighted by Crippen LogP contribution is -2.03. The van der Waals surface area contributed by atoms with Crippen molar-refractivity contribution in [2.24, 2.45) is 4.99 Å². The van der Waals surface area contributed by atoms with Crippen molar-refractivity contribution < 1.29 is 0 Å². The highest BCUT2D eigenvalue weighted by atomic mass is 14.8. The first-order valence-corrected chi connectivity index (χ1v) is 4.12. The van der Waals surface area contributed by atoms with Crippen molar-refractivity contribution in [3.63, 3.8) is 0 Å². The van der Waals surface area contributed by atoms with Crippen molar-refractivity contribution in [3.8, 4) is 0 Å². The number of anilines is 1. The largest absolute Gasteiger partial charge is 0.383 e. The maximum absolute atomic E-state index is 5.71. The third-order valence-corrected chi connectivity index (χ3v) is 2.02. The monoisotopic (exact) mass is 161 g/mol. The highest BCUT2D eigenvalue weighted by Crippen LogP contribution is 2.16. The van der Waals surface area contributed by atoms with E-state index < -0.39 is 0 Å². The quantitative estimate of drug-likeness (QED) is 0.673. The Kier molecular flexibility index (Phi) is 1.78. The van der Waals surface area contributed by atoms with Gasteiger partial charge in [0.15, 0.2) is 0 Å². The van der Waals surface area contributed by atoms with Crippen LogP contribution in [0.25, 0.3) is 0 Å². The summed E-state index contributed by atoms with van der Waals surface area (Å²) in [5, 5.41) is 0. The van der Waals surface area contributed by atoms with Gasteiger partial charge in [0.1, 0.15) is 5.82 Å². The van der Waals surface area contributed by atoms with Gasteiger partial charge >= 0.3 is 0 Å². The lowest BCUT2D eigenvalue weighted by molar-refractivity contribution is 0.951. The van der Waals surface area contributed by atoms with Crippen molar-refractivity contribution in [1.82, 2.24) is 4.98 Å². The van der Waals surface area contributed by atoms with Gasteiger partial charge in [0.2, 0.25) is 0 Å². The molecule has 1 aliphatic rings. The molecule has 2 N–H and O–H groups in total. The van der Waals surface area contributed by atoms with Gasteiger partial charge in [0.05, 0.1) is 0 Å². The number of aromatic nitrogens is 1. The van der Waals surface area contributed by atoms with Crippen LogP contribution in [0, 0.1) is 0 Å². The highest BCUT2D eigenvalue weighted by molar-refractivity contribution is 6.04. The highest BCUT2D eigenvalue weighted by Gasteiger charge is 2.11. The molecule has 12 heavy (non-hydrogen) atoms. The summed E-state index contributed by atoms with van der Waals surface area (Å²) in [5.74, 6) is 0.596. The van der Waals surface area contributed by atoms with Gasteiger partial charge in [-0.05, 0) is 25.0 Å². The molecular weight excluding hydrogens is 150 g/mol. The van der Waals surface area contributed by atoms with E-state index in [2.05, 4.69) is 9.98 Å². The van der Waals surface area contributed by atoms with Gasteiger partial charge in [0.25, 0.3) is 0 Å². The average Bonchev–Trinajstić information content (AvgIpc) is 2.57. The zero-order valence-electron chi connectivity index (χ0n) is 6.83. The predicted octanol–water partition coefficient (Wildman–Crippen LogP) is 1.25. The topological polar surface area (TPSA) is 51.3 Å². The minimum atomic E-state index is 0.596. The summed E-state index contributed by atoms with van der Waals surface area (Å²) in [6, 6.07) is 3.87. The summed E-state index contributed by atoms with van der Waals surface area (Å²) in [6.45, 7) is 0.934. The van der Waals surface area contributed by atoms with Gasteiger partial charge in [-0.2, -0.15) is 0 Å². The van der Waals surface area contributed by atoms with E-state index in [9.17, 15) is 0 Å². The van der Waals surface area contributed by atoms with E-state index in [1.165, 1.54) is 0 Å². The molecule has 0 spiro atoms. The zero-order valence-corrected chi connectivity index (χ0v) is 6.83. The molecule has 1 aromatic rings. The number of hydrogen-bond acceptors (Lipinski definition) is 3. The first-order chi connectivity index (χ1) is 5.88. The molecule has 3 heteroatoms. The number of pyridine rings is 1. The first kappa shape index (κ1) is 7.28. The predicted molar refractivity (Wildman–Crippen MR) is 49.3 cm³/mol. The summed E-state index contributed by atoms with van der Waals surface area (Å²) in [4.78, 5) is 8.38. The normalized spacial score (nSPS) is 16.2. The van der Waals surface area contributed by atoms with Crippen molar-refractivity contribution in [1.29, 1.82) is 0 Å². The number of rotatable bonds is 1. The smallest absolute Gasteiger partial charge is 0.132 e. The molecule has 0 radical (unpaired) electrons. The third-order valence-electron chi connectivity index (χ3n) is 2.02. The Morgan fingerprint density at radius 3 is 3.00 bits per heavy atom. The van der Waals surface area contributed by atoms with Crippen LogP contribution in [0.1, 0.15) is 18.4 Å². The lowest BCUT2D eigenvalue weighted by atomic mass is 10.1. The molecule has 1 aliphatic heterocycles. The summed E-state index contributed by atoms with van der Waals surface area (Å²) >= 11 is 0. The van der Waals surface area contributed by atoms with Crippen LogP contribution >= 0.6 is 0 Å². The van der Waals surface area contributed by atoms with Crippen molar-refractivity contribution in [2.75, 3.05) is 12.3 Å². The van der Waals surface area contributed by atoms with Crippen molar-refractivity contribution >= 4 is 11.5 Å². The van der Waals surface area contributed by atoms with Crippen molar-refractivity contribution in [2.45, 2.75) is 12.8 Å². The van der Waals surface area contributed by atoms with Gasteiger partial charge in [-0.25, -0.2) is 4.98 Å². The molecule has 0 aromatic carbocycles. The van der Waals surface area contributed by atoms with Crippen LogP contribution in [0.15, 0.2) is 23.3 Å². The molecule has 0 saturated carbocycles. The van der Waals surface area contributed by atoms with Crippen LogP contribution in [-0.4, -0.2) is 17.2 Å². The summed E-state index contributed by atoms with van der Waals surface area (Å²) in [5.41, 5.74) is 7.83. The number of nitrogens with two attached hydrogens (primary N) is 1. The summed E-state index contributed by atoms with van der Waals surface area (Å²) in [6.07, 6.45) is 3.88. The Labute approximate surface area is 71.3 Å². The minimum absolute atomic E-state index is 0.596. The second-order valence-electron chi connectivity index (χ2n) is 2.87. The SMILES string of the molecule is Nc1ncccc1C1=NCCC1. The maximum atomic E-state index is 5.71. The molecule has 62 valence electrons. The van der Waals surface area contributed by atoms with Crippen LogP contribution in [0.2, 0.25) is 0 Å². The van der Waals surface area contributed by atoms with E-state index >= 15 is 0 Å². The molecule has 1 aromatic heterocycles. The molecule has 0 unspecified atom stereocenters. The van der Waals surface area contributed by atoms with Crippen molar-refractivity contribution in [3.05, 3.63) is 23.9 Å². The zero-order chi connectivity index (χ0) is 8.39. The van der Waals surface area contributed by atoms with E-state index in [1.807, 2.05) is 12.1 Å². The van der Waals surface area contributed by atoms with Gasteiger partial charge in [-0.3, -0.25) is 4.99 Å². The van der Waals surface area contributed by atoms with Crippen LogP contribution in [0.3, 0.4) is 0 Å². The standard InChI is InChI=1S/C9H11N3/c10-9-7(3-1-6-12-9)8-4-2-5-11-8/h1,3,6H,2,4-5H2,(H2,10,12). The molecule has 0 bridgehead atoms. The fraction of sp³-hybridized carbons (Fsp3) is 0.333. The Balaban J connectivity index is 2.39. The van der Waals surface area contributed by atoms with Crippen LogP contribution < -0.4 is 5.73 Å². The van der Waals surface area contributed by atoms with E-state index in [-0.39, 0.29) is 0 Å². The van der Waals surface area contributed by atoms with Gasteiger partial charge < -0.3 is 5.73 Å². The Morgan fingerprint density at radius 2 is 2.33 bits per heavy atom. The van der Waals surface area contributed by atoms with Crippen LogP contribution in [0.4, 0.5) is 5.82 Å². The maximum Gasteiger partial charge on any atom is 0.132 e.